The van der Waals surface area contributed by atoms with Gasteiger partial charge in [-0.1, -0.05) is 30.3 Å². The number of H-pyrrole nitrogens is 1. The molecule has 22 heavy (non-hydrogen) atoms. The number of nitrogens with one attached hydrogen (secondary N) is 1. The van der Waals surface area contributed by atoms with E-state index in [1.54, 1.807) is 0 Å². The Labute approximate surface area is 132 Å². The predicted molar refractivity (Wildman–Crippen MR) is 92.8 cm³/mol. The predicted octanol–water partition coefficient (Wildman–Crippen LogP) is 3.15. The summed E-state index contributed by atoms with van der Waals surface area (Å²) in [6.45, 7) is 7.45. The zero-order chi connectivity index (χ0) is 15.4. The molecule has 4 heteroatoms. The highest BCUT2D eigenvalue weighted by atomic mass is 15.2. The van der Waals surface area contributed by atoms with E-state index < -0.39 is 0 Å². The summed E-state index contributed by atoms with van der Waals surface area (Å²) in [5.41, 5.74) is 3.63. The van der Waals surface area contributed by atoms with Gasteiger partial charge in [-0.2, -0.15) is 0 Å². The summed E-state index contributed by atoms with van der Waals surface area (Å²) in [7, 11) is 2.19. The Hall–Kier alpha value is -1.91. The zero-order valence-electron chi connectivity index (χ0n) is 13.4. The molecule has 1 aliphatic rings. The van der Waals surface area contributed by atoms with Crippen LogP contribution in [0, 0.1) is 0 Å². The van der Waals surface area contributed by atoms with Crippen LogP contribution in [-0.4, -0.2) is 54.2 Å². The van der Waals surface area contributed by atoms with E-state index in [0.717, 1.165) is 44.2 Å². The number of hydrogen-bond donors (Lipinski definition) is 1. The average Bonchev–Trinajstić information content (AvgIpc) is 2.94. The molecule has 0 saturated carbocycles. The second kappa shape index (κ2) is 6.90. The van der Waals surface area contributed by atoms with Gasteiger partial charge in [0.25, 0.3) is 0 Å². The summed E-state index contributed by atoms with van der Waals surface area (Å²) >= 11 is 0. The Morgan fingerprint density at radius 1 is 1.14 bits per heavy atom. The largest absolute Gasteiger partial charge is 0.339 e. The summed E-state index contributed by atoms with van der Waals surface area (Å²) in [6.07, 6.45) is 1.86. The van der Waals surface area contributed by atoms with Crippen molar-refractivity contribution in [2.45, 2.75) is 13.5 Å². The fourth-order valence-electron chi connectivity index (χ4n) is 2.87. The summed E-state index contributed by atoms with van der Waals surface area (Å²) in [5.74, 6) is 0.986. The van der Waals surface area contributed by atoms with Gasteiger partial charge in [-0.25, -0.2) is 4.99 Å². The lowest BCUT2D eigenvalue weighted by atomic mass is 10.1. The van der Waals surface area contributed by atoms with E-state index in [-0.39, 0.29) is 0 Å². The van der Waals surface area contributed by atoms with Crippen molar-refractivity contribution in [1.29, 1.82) is 0 Å². The molecule has 4 nitrogen and oxygen atoms in total. The molecular weight excluding hydrogens is 272 g/mol. The van der Waals surface area contributed by atoms with Gasteiger partial charge in [0.15, 0.2) is 0 Å². The molecule has 0 bridgehead atoms. The SMILES string of the molecule is CC=Nc1[nH]c(-c2ccccc2)cc1CN1CCN(C)CC1. The van der Waals surface area contributed by atoms with Gasteiger partial charge >= 0.3 is 0 Å². The smallest absolute Gasteiger partial charge is 0.134 e. The van der Waals surface area contributed by atoms with Crippen LogP contribution in [-0.2, 0) is 6.54 Å². The number of piperazine rings is 1. The molecule has 0 unspecified atom stereocenters. The maximum atomic E-state index is 4.52. The summed E-state index contributed by atoms with van der Waals surface area (Å²) < 4.78 is 0. The van der Waals surface area contributed by atoms with E-state index in [4.69, 9.17) is 0 Å². The van der Waals surface area contributed by atoms with Crippen molar-refractivity contribution in [2.24, 2.45) is 4.99 Å². The van der Waals surface area contributed by atoms with Crippen molar-refractivity contribution in [3.05, 3.63) is 42.0 Å². The van der Waals surface area contributed by atoms with Gasteiger partial charge in [0.2, 0.25) is 0 Å². The first-order chi connectivity index (χ1) is 10.8. The van der Waals surface area contributed by atoms with E-state index in [0.29, 0.717) is 0 Å². The number of aromatic nitrogens is 1. The number of benzene rings is 1. The highest BCUT2D eigenvalue weighted by Crippen LogP contribution is 2.28. The molecule has 1 aromatic carbocycles. The second-order valence-electron chi connectivity index (χ2n) is 5.89. The molecule has 0 aliphatic carbocycles. The number of rotatable bonds is 4. The normalized spacial score (nSPS) is 17.4. The van der Waals surface area contributed by atoms with Crippen molar-refractivity contribution in [1.82, 2.24) is 14.8 Å². The topological polar surface area (TPSA) is 34.6 Å². The van der Waals surface area contributed by atoms with Crippen LogP contribution in [0.15, 0.2) is 41.4 Å². The van der Waals surface area contributed by atoms with Crippen LogP contribution in [0.2, 0.25) is 0 Å². The lowest BCUT2D eigenvalue weighted by Gasteiger charge is -2.32. The van der Waals surface area contributed by atoms with Gasteiger partial charge in [-0.15, -0.1) is 0 Å². The number of hydrogen-bond acceptors (Lipinski definition) is 3. The highest BCUT2D eigenvalue weighted by molar-refractivity contribution is 5.68. The summed E-state index contributed by atoms with van der Waals surface area (Å²) in [6, 6.07) is 12.7. The molecule has 1 fully saturated rings. The molecule has 2 aromatic rings. The molecule has 1 saturated heterocycles. The zero-order valence-corrected chi connectivity index (χ0v) is 13.4. The second-order valence-corrected chi connectivity index (χ2v) is 5.89. The summed E-state index contributed by atoms with van der Waals surface area (Å²) in [4.78, 5) is 12.9. The highest BCUT2D eigenvalue weighted by Gasteiger charge is 2.17. The third-order valence-corrected chi connectivity index (χ3v) is 4.21. The Morgan fingerprint density at radius 3 is 2.55 bits per heavy atom. The van der Waals surface area contributed by atoms with Crippen LogP contribution >= 0.6 is 0 Å². The van der Waals surface area contributed by atoms with Gasteiger partial charge in [0.05, 0.1) is 0 Å². The first-order valence-corrected chi connectivity index (χ1v) is 7.93. The first kappa shape index (κ1) is 15.0. The van der Waals surface area contributed by atoms with Crippen LogP contribution in [0.5, 0.6) is 0 Å². The standard InChI is InChI=1S/C18H24N4/c1-3-19-18-16(14-22-11-9-21(2)10-12-22)13-17(20-18)15-7-5-4-6-8-15/h3-8,13,20H,9-12,14H2,1-2H3. The van der Waals surface area contributed by atoms with Crippen molar-refractivity contribution in [3.8, 4) is 11.3 Å². The molecule has 0 radical (unpaired) electrons. The number of likely N-dealkylation sites (N-methyl/N-ethyl adjacent to an activating group) is 1. The van der Waals surface area contributed by atoms with Crippen LogP contribution in [0.4, 0.5) is 5.82 Å². The van der Waals surface area contributed by atoms with E-state index in [1.165, 1.54) is 11.1 Å². The van der Waals surface area contributed by atoms with E-state index in [2.05, 4.69) is 57.2 Å². The maximum Gasteiger partial charge on any atom is 0.134 e. The Balaban J connectivity index is 1.82. The lowest BCUT2D eigenvalue weighted by Crippen LogP contribution is -2.43. The van der Waals surface area contributed by atoms with E-state index in [1.807, 2.05) is 19.2 Å². The molecular formula is C18H24N4. The van der Waals surface area contributed by atoms with Crippen molar-refractivity contribution >= 4 is 12.0 Å². The monoisotopic (exact) mass is 296 g/mol. The molecule has 1 aromatic heterocycles. The van der Waals surface area contributed by atoms with Gasteiger partial charge in [-0.05, 0) is 25.6 Å². The van der Waals surface area contributed by atoms with Crippen LogP contribution in [0.1, 0.15) is 12.5 Å². The average molecular weight is 296 g/mol. The van der Waals surface area contributed by atoms with Crippen molar-refractivity contribution in [3.63, 3.8) is 0 Å². The van der Waals surface area contributed by atoms with Gasteiger partial charge in [-0.3, -0.25) is 4.90 Å². The maximum absolute atomic E-state index is 4.52. The fourth-order valence-corrected chi connectivity index (χ4v) is 2.87. The molecule has 1 aliphatic heterocycles. The van der Waals surface area contributed by atoms with Crippen LogP contribution in [0.3, 0.4) is 0 Å². The Bertz CT molecular complexity index is 622. The van der Waals surface area contributed by atoms with Gasteiger partial charge < -0.3 is 9.88 Å². The van der Waals surface area contributed by atoms with Gasteiger partial charge in [0, 0.05) is 50.2 Å². The first-order valence-electron chi connectivity index (χ1n) is 7.93. The molecule has 2 heterocycles. The molecule has 116 valence electrons. The number of aromatic amines is 1. The van der Waals surface area contributed by atoms with E-state index in [9.17, 15) is 0 Å². The molecule has 3 rings (SSSR count). The quantitative estimate of drug-likeness (QED) is 0.880. The number of aliphatic imine (C=N–C) groups is 1. The number of nitrogens with zero attached hydrogens (tertiary/aromatic N) is 3. The summed E-state index contributed by atoms with van der Waals surface area (Å²) in [5, 5.41) is 0. The third-order valence-electron chi connectivity index (χ3n) is 4.21. The Morgan fingerprint density at radius 2 is 1.86 bits per heavy atom. The molecule has 0 atom stereocenters. The Kier molecular flexibility index (Phi) is 4.71. The van der Waals surface area contributed by atoms with Gasteiger partial charge in [0.1, 0.15) is 5.82 Å². The van der Waals surface area contributed by atoms with E-state index >= 15 is 0 Å². The minimum Gasteiger partial charge on any atom is -0.339 e. The molecule has 1 N–H and O–H groups in total. The van der Waals surface area contributed by atoms with Crippen LogP contribution < -0.4 is 0 Å². The fraction of sp³-hybridized carbons (Fsp3) is 0.389. The minimum absolute atomic E-state index is 0.962. The van der Waals surface area contributed by atoms with Crippen molar-refractivity contribution < 1.29 is 0 Å². The third kappa shape index (κ3) is 3.46. The molecule has 0 amide bonds. The minimum atomic E-state index is 0.962. The van der Waals surface area contributed by atoms with Crippen LogP contribution in [0.25, 0.3) is 11.3 Å². The van der Waals surface area contributed by atoms with Crippen molar-refractivity contribution in [2.75, 3.05) is 33.2 Å². The lowest BCUT2D eigenvalue weighted by molar-refractivity contribution is 0.148. The molecule has 0 spiro atoms.